The summed E-state index contributed by atoms with van der Waals surface area (Å²) in [6.07, 6.45) is 1.42. The van der Waals surface area contributed by atoms with E-state index in [4.69, 9.17) is 11.6 Å². The Bertz CT molecular complexity index is 258. The number of halogens is 1. The van der Waals surface area contributed by atoms with E-state index < -0.39 is 0 Å². The second kappa shape index (κ2) is 2.80. The molecule has 0 aliphatic carbocycles. The summed E-state index contributed by atoms with van der Waals surface area (Å²) in [7, 11) is 0. The Morgan fingerprint density at radius 2 is 2.30 bits per heavy atom. The van der Waals surface area contributed by atoms with Crippen molar-refractivity contribution >= 4 is 17.2 Å². The van der Waals surface area contributed by atoms with E-state index in [1.807, 2.05) is 6.92 Å². The number of hydrogen-bond donors (Lipinski definition) is 0. The molecule has 0 saturated heterocycles. The molecule has 0 aromatic carbocycles. The predicted molar refractivity (Wildman–Crippen MR) is 41.8 cm³/mol. The molecule has 0 unspecified atom stereocenters. The van der Waals surface area contributed by atoms with Gasteiger partial charge in [0.2, 0.25) is 0 Å². The molecular formula is C7H7ClN2. The molecule has 1 rings (SSSR count). The Balaban J connectivity index is 3.07. The highest BCUT2D eigenvalue weighted by Gasteiger charge is 1.94. The molecule has 0 amide bonds. The minimum Gasteiger partial charge on any atom is -0.237 e. The van der Waals surface area contributed by atoms with Gasteiger partial charge in [-0.15, -0.1) is 0 Å². The van der Waals surface area contributed by atoms with Gasteiger partial charge < -0.3 is 0 Å². The fourth-order valence-corrected chi connectivity index (χ4v) is 0.714. The first-order valence-corrected chi connectivity index (χ1v) is 3.21. The summed E-state index contributed by atoms with van der Waals surface area (Å²) in [6, 6.07) is 1.68. The summed E-state index contributed by atoms with van der Waals surface area (Å²) in [6.45, 7) is 5.59. The van der Waals surface area contributed by atoms with Gasteiger partial charge >= 0.3 is 0 Å². The third-order valence-corrected chi connectivity index (χ3v) is 1.28. The molecule has 0 bridgehead atoms. The molecule has 0 radical (unpaired) electrons. The fraction of sp³-hybridized carbons (Fsp3) is 0.143. The van der Waals surface area contributed by atoms with Gasteiger partial charge in [-0.2, -0.15) is 0 Å². The van der Waals surface area contributed by atoms with E-state index in [9.17, 15) is 0 Å². The molecule has 0 spiro atoms. The van der Waals surface area contributed by atoms with E-state index >= 15 is 0 Å². The van der Waals surface area contributed by atoms with Crippen molar-refractivity contribution in [2.24, 2.45) is 0 Å². The molecule has 0 aliphatic heterocycles. The summed E-state index contributed by atoms with van der Waals surface area (Å²) in [5.74, 6) is 0. The second-order valence-corrected chi connectivity index (χ2v) is 2.39. The third-order valence-electron chi connectivity index (χ3n) is 1.07. The van der Waals surface area contributed by atoms with Gasteiger partial charge in [-0.25, -0.2) is 9.97 Å². The minimum absolute atomic E-state index is 0.452. The lowest BCUT2D eigenvalue weighted by molar-refractivity contribution is 1.14. The van der Waals surface area contributed by atoms with Crippen LogP contribution in [0, 0.1) is 0 Å². The molecule has 0 N–H and O–H groups in total. The van der Waals surface area contributed by atoms with Gasteiger partial charge in [0.25, 0.3) is 0 Å². The SMILES string of the molecule is C=C(C)c1cc(Cl)ncn1. The van der Waals surface area contributed by atoms with Crippen LogP contribution in [0.15, 0.2) is 19.0 Å². The van der Waals surface area contributed by atoms with Gasteiger partial charge in [0.15, 0.2) is 0 Å². The van der Waals surface area contributed by atoms with Crippen molar-refractivity contribution in [3.8, 4) is 0 Å². The standard InChI is InChI=1S/C7H7ClN2/c1-5(2)6-3-7(8)10-4-9-6/h3-4H,1H2,2H3. The van der Waals surface area contributed by atoms with Gasteiger partial charge in [0.05, 0.1) is 5.69 Å². The van der Waals surface area contributed by atoms with Gasteiger partial charge in [-0.1, -0.05) is 18.2 Å². The monoisotopic (exact) mass is 154 g/mol. The molecule has 1 aromatic rings. The van der Waals surface area contributed by atoms with E-state index in [1.165, 1.54) is 6.33 Å². The first-order valence-electron chi connectivity index (χ1n) is 2.83. The number of nitrogens with zero attached hydrogens (tertiary/aromatic N) is 2. The molecule has 1 heterocycles. The van der Waals surface area contributed by atoms with Gasteiger partial charge in [-0.05, 0) is 12.5 Å². The largest absolute Gasteiger partial charge is 0.237 e. The number of rotatable bonds is 1. The predicted octanol–water partition coefficient (Wildman–Crippen LogP) is 2.16. The second-order valence-electron chi connectivity index (χ2n) is 2.01. The Hall–Kier alpha value is -0.890. The quantitative estimate of drug-likeness (QED) is 0.580. The van der Waals surface area contributed by atoms with Crippen molar-refractivity contribution in [3.63, 3.8) is 0 Å². The molecule has 10 heavy (non-hydrogen) atoms. The highest BCUT2D eigenvalue weighted by molar-refractivity contribution is 6.29. The van der Waals surface area contributed by atoms with Crippen molar-refractivity contribution in [3.05, 3.63) is 29.8 Å². The van der Waals surface area contributed by atoms with Crippen LogP contribution in [0.3, 0.4) is 0 Å². The van der Waals surface area contributed by atoms with Crippen molar-refractivity contribution in [2.45, 2.75) is 6.92 Å². The van der Waals surface area contributed by atoms with Crippen molar-refractivity contribution in [1.29, 1.82) is 0 Å². The average molecular weight is 155 g/mol. The summed E-state index contributed by atoms with van der Waals surface area (Å²) in [5.41, 5.74) is 1.68. The minimum atomic E-state index is 0.452. The van der Waals surface area contributed by atoms with E-state index in [2.05, 4.69) is 16.5 Å². The summed E-state index contributed by atoms with van der Waals surface area (Å²) < 4.78 is 0. The van der Waals surface area contributed by atoms with E-state index in [0.29, 0.717) is 5.15 Å². The lowest BCUT2D eigenvalue weighted by atomic mass is 10.2. The van der Waals surface area contributed by atoms with E-state index in [-0.39, 0.29) is 0 Å². The maximum absolute atomic E-state index is 5.60. The fourth-order valence-electron chi connectivity index (χ4n) is 0.567. The number of allylic oxidation sites excluding steroid dienone is 1. The maximum atomic E-state index is 5.60. The smallest absolute Gasteiger partial charge is 0.133 e. The Morgan fingerprint density at radius 1 is 1.60 bits per heavy atom. The van der Waals surface area contributed by atoms with E-state index in [0.717, 1.165) is 11.3 Å². The van der Waals surface area contributed by atoms with Crippen molar-refractivity contribution < 1.29 is 0 Å². The molecule has 52 valence electrons. The van der Waals surface area contributed by atoms with Crippen LogP contribution in [-0.2, 0) is 0 Å². The lowest BCUT2D eigenvalue weighted by Crippen LogP contribution is -1.85. The first kappa shape index (κ1) is 7.22. The van der Waals surface area contributed by atoms with Crippen LogP contribution in [-0.4, -0.2) is 9.97 Å². The first-order chi connectivity index (χ1) is 4.70. The van der Waals surface area contributed by atoms with E-state index in [1.54, 1.807) is 6.07 Å². The lowest BCUT2D eigenvalue weighted by Gasteiger charge is -1.95. The Morgan fingerprint density at radius 3 is 2.70 bits per heavy atom. The molecule has 0 atom stereocenters. The van der Waals surface area contributed by atoms with Gasteiger partial charge in [-0.3, -0.25) is 0 Å². The van der Waals surface area contributed by atoms with Crippen LogP contribution < -0.4 is 0 Å². The Kier molecular flexibility index (Phi) is 2.02. The summed E-state index contributed by atoms with van der Waals surface area (Å²) in [5, 5.41) is 0.452. The molecule has 3 heteroatoms. The normalized spacial score (nSPS) is 9.40. The molecule has 0 saturated carbocycles. The van der Waals surface area contributed by atoms with Crippen molar-refractivity contribution in [2.75, 3.05) is 0 Å². The Labute approximate surface area is 64.6 Å². The van der Waals surface area contributed by atoms with Crippen LogP contribution in [0.25, 0.3) is 5.57 Å². The van der Waals surface area contributed by atoms with Crippen molar-refractivity contribution in [1.82, 2.24) is 9.97 Å². The number of hydrogen-bond acceptors (Lipinski definition) is 2. The molecule has 1 aromatic heterocycles. The summed E-state index contributed by atoms with van der Waals surface area (Å²) in [4.78, 5) is 7.68. The summed E-state index contributed by atoms with van der Waals surface area (Å²) >= 11 is 5.60. The molecule has 0 fully saturated rings. The average Bonchev–Trinajstić information content (AvgIpc) is 1.88. The van der Waals surface area contributed by atoms with Crippen LogP contribution in [0.2, 0.25) is 5.15 Å². The zero-order valence-electron chi connectivity index (χ0n) is 5.63. The van der Waals surface area contributed by atoms with Crippen LogP contribution >= 0.6 is 11.6 Å². The van der Waals surface area contributed by atoms with Gasteiger partial charge in [0, 0.05) is 6.07 Å². The van der Waals surface area contributed by atoms with Crippen LogP contribution in [0.4, 0.5) is 0 Å². The maximum Gasteiger partial charge on any atom is 0.133 e. The third kappa shape index (κ3) is 1.54. The zero-order valence-corrected chi connectivity index (χ0v) is 6.39. The van der Waals surface area contributed by atoms with Crippen LogP contribution in [0.1, 0.15) is 12.6 Å². The zero-order chi connectivity index (χ0) is 7.56. The number of aromatic nitrogens is 2. The molecular weight excluding hydrogens is 148 g/mol. The topological polar surface area (TPSA) is 25.8 Å². The highest BCUT2D eigenvalue weighted by atomic mass is 35.5. The van der Waals surface area contributed by atoms with Crippen LogP contribution in [0.5, 0.6) is 0 Å². The molecule has 2 nitrogen and oxygen atoms in total. The molecule has 0 aliphatic rings. The highest BCUT2D eigenvalue weighted by Crippen LogP contribution is 2.10. The van der Waals surface area contributed by atoms with Gasteiger partial charge in [0.1, 0.15) is 11.5 Å².